The molecule has 44 valence electrons. The monoisotopic (exact) mass is 110 g/mol. The second kappa shape index (κ2) is 1.99. The zero-order valence-corrected chi connectivity index (χ0v) is 5.26. The summed E-state index contributed by atoms with van der Waals surface area (Å²) < 4.78 is 0. The number of nitrogens with zero attached hydrogens (tertiary/aromatic N) is 2. The Bertz CT molecular complexity index is 135. The molecule has 0 atom stereocenters. The smallest absolute Gasteiger partial charge is 0.0998 e. The Hall–Kier alpha value is -0.790. The zero-order valence-electron chi connectivity index (χ0n) is 5.26. The standard InChI is InChI=1S/C6H10N2/c1-6-7-4-3-5-8(6)2/h3,5H,4H2,1-2H3. The van der Waals surface area contributed by atoms with Crippen molar-refractivity contribution in [2.75, 3.05) is 13.6 Å². The maximum atomic E-state index is 4.17. The lowest BCUT2D eigenvalue weighted by atomic mass is 10.4. The van der Waals surface area contributed by atoms with Gasteiger partial charge in [0.05, 0.1) is 12.4 Å². The Morgan fingerprint density at radius 2 is 2.50 bits per heavy atom. The Morgan fingerprint density at radius 1 is 1.75 bits per heavy atom. The van der Waals surface area contributed by atoms with Crippen LogP contribution in [0.3, 0.4) is 0 Å². The summed E-state index contributed by atoms with van der Waals surface area (Å²) in [7, 11) is 1.99. The van der Waals surface area contributed by atoms with Crippen LogP contribution in [0, 0.1) is 0 Å². The average Bonchev–Trinajstić information content (AvgIpc) is 1.77. The molecule has 0 N–H and O–H groups in total. The maximum Gasteiger partial charge on any atom is 0.0998 e. The Morgan fingerprint density at radius 3 is 2.88 bits per heavy atom. The molecular formula is C6H10N2. The Kier molecular flexibility index (Phi) is 1.33. The van der Waals surface area contributed by atoms with E-state index in [1.807, 2.05) is 31.1 Å². The van der Waals surface area contributed by atoms with Crippen LogP contribution in [0.25, 0.3) is 0 Å². The molecule has 1 aliphatic rings. The first kappa shape index (κ1) is 5.35. The topological polar surface area (TPSA) is 15.6 Å². The number of amidine groups is 1. The lowest BCUT2D eigenvalue weighted by Gasteiger charge is -2.15. The molecule has 2 heteroatoms. The second-order valence-corrected chi connectivity index (χ2v) is 1.88. The van der Waals surface area contributed by atoms with Crippen molar-refractivity contribution in [2.24, 2.45) is 4.99 Å². The molecule has 8 heavy (non-hydrogen) atoms. The first-order valence-corrected chi connectivity index (χ1v) is 2.71. The fourth-order valence-corrected chi connectivity index (χ4v) is 0.609. The minimum atomic E-state index is 0.843. The molecular weight excluding hydrogens is 100 g/mol. The van der Waals surface area contributed by atoms with Crippen LogP contribution in [-0.4, -0.2) is 24.3 Å². The van der Waals surface area contributed by atoms with E-state index >= 15 is 0 Å². The summed E-state index contributed by atoms with van der Waals surface area (Å²) in [5.74, 6) is 1.09. The lowest BCUT2D eigenvalue weighted by molar-refractivity contribution is 0.664. The van der Waals surface area contributed by atoms with Crippen molar-refractivity contribution in [1.82, 2.24) is 4.90 Å². The molecule has 0 saturated heterocycles. The van der Waals surface area contributed by atoms with E-state index in [1.54, 1.807) is 0 Å². The van der Waals surface area contributed by atoms with E-state index in [0.29, 0.717) is 0 Å². The van der Waals surface area contributed by atoms with Gasteiger partial charge in [-0.15, -0.1) is 0 Å². The van der Waals surface area contributed by atoms with Gasteiger partial charge in [0.25, 0.3) is 0 Å². The van der Waals surface area contributed by atoms with Gasteiger partial charge >= 0.3 is 0 Å². The number of hydrogen-bond acceptors (Lipinski definition) is 2. The summed E-state index contributed by atoms with van der Waals surface area (Å²) in [6.07, 6.45) is 4.06. The number of aliphatic imine (C=N–C) groups is 1. The highest BCUT2D eigenvalue weighted by Crippen LogP contribution is 1.94. The van der Waals surface area contributed by atoms with Gasteiger partial charge < -0.3 is 4.90 Å². The van der Waals surface area contributed by atoms with Crippen LogP contribution in [0.4, 0.5) is 0 Å². The van der Waals surface area contributed by atoms with Gasteiger partial charge in [-0.25, -0.2) is 0 Å². The fraction of sp³-hybridized carbons (Fsp3) is 0.500. The highest BCUT2D eigenvalue weighted by atomic mass is 15.1. The highest BCUT2D eigenvalue weighted by Gasteiger charge is 1.96. The SMILES string of the molecule is CC1=NCC=CN1C. The summed E-state index contributed by atoms with van der Waals surface area (Å²) in [5, 5.41) is 0. The van der Waals surface area contributed by atoms with Crippen LogP contribution in [0.15, 0.2) is 17.3 Å². The molecule has 0 aromatic rings. The summed E-state index contributed by atoms with van der Waals surface area (Å²) in [5.41, 5.74) is 0. The number of rotatable bonds is 0. The van der Waals surface area contributed by atoms with Gasteiger partial charge in [0, 0.05) is 13.2 Å². The Balaban J connectivity index is 2.63. The van der Waals surface area contributed by atoms with Crippen molar-refractivity contribution in [1.29, 1.82) is 0 Å². The third-order valence-electron chi connectivity index (χ3n) is 1.26. The van der Waals surface area contributed by atoms with E-state index in [9.17, 15) is 0 Å². The molecule has 0 bridgehead atoms. The van der Waals surface area contributed by atoms with Crippen molar-refractivity contribution >= 4 is 5.84 Å². The first-order valence-electron chi connectivity index (χ1n) is 2.71. The van der Waals surface area contributed by atoms with E-state index in [2.05, 4.69) is 4.99 Å². The van der Waals surface area contributed by atoms with E-state index in [0.717, 1.165) is 12.4 Å². The van der Waals surface area contributed by atoms with Crippen molar-refractivity contribution in [3.63, 3.8) is 0 Å². The molecule has 2 nitrogen and oxygen atoms in total. The van der Waals surface area contributed by atoms with Crippen molar-refractivity contribution in [3.05, 3.63) is 12.3 Å². The molecule has 0 aliphatic carbocycles. The number of hydrogen-bond donors (Lipinski definition) is 0. The van der Waals surface area contributed by atoms with Gasteiger partial charge in [0.1, 0.15) is 0 Å². The molecule has 0 radical (unpaired) electrons. The molecule has 0 saturated carbocycles. The summed E-state index contributed by atoms with van der Waals surface area (Å²) in [4.78, 5) is 6.17. The summed E-state index contributed by atoms with van der Waals surface area (Å²) in [6, 6.07) is 0. The predicted molar refractivity (Wildman–Crippen MR) is 34.9 cm³/mol. The van der Waals surface area contributed by atoms with Gasteiger partial charge in [-0.1, -0.05) is 0 Å². The van der Waals surface area contributed by atoms with Gasteiger partial charge in [0.15, 0.2) is 0 Å². The molecule has 1 aliphatic heterocycles. The molecule has 0 unspecified atom stereocenters. The first-order chi connectivity index (χ1) is 3.80. The predicted octanol–water partition coefficient (Wildman–Crippen LogP) is 0.864. The van der Waals surface area contributed by atoms with Crippen LogP contribution in [0.5, 0.6) is 0 Å². The molecule has 0 amide bonds. The largest absolute Gasteiger partial charge is 0.340 e. The molecule has 0 spiro atoms. The maximum absolute atomic E-state index is 4.17. The minimum absolute atomic E-state index is 0.843. The minimum Gasteiger partial charge on any atom is -0.340 e. The van der Waals surface area contributed by atoms with Crippen LogP contribution in [-0.2, 0) is 0 Å². The average molecular weight is 110 g/mol. The van der Waals surface area contributed by atoms with E-state index in [-0.39, 0.29) is 0 Å². The van der Waals surface area contributed by atoms with Gasteiger partial charge in [-0.2, -0.15) is 0 Å². The normalized spacial score (nSPS) is 18.8. The van der Waals surface area contributed by atoms with Gasteiger partial charge in [-0.3, -0.25) is 4.99 Å². The molecule has 1 rings (SSSR count). The fourth-order valence-electron chi connectivity index (χ4n) is 0.609. The zero-order chi connectivity index (χ0) is 5.98. The van der Waals surface area contributed by atoms with Crippen molar-refractivity contribution in [3.8, 4) is 0 Å². The molecule has 0 aromatic heterocycles. The van der Waals surface area contributed by atoms with Crippen LogP contribution < -0.4 is 0 Å². The van der Waals surface area contributed by atoms with Crippen molar-refractivity contribution < 1.29 is 0 Å². The van der Waals surface area contributed by atoms with E-state index in [4.69, 9.17) is 0 Å². The highest BCUT2D eigenvalue weighted by molar-refractivity contribution is 5.81. The van der Waals surface area contributed by atoms with E-state index in [1.165, 1.54) is 0 Å². The molecule has 0 aromatic carbocycles. The summed E-state index contributed by atoms with van der Waals surface area (Å²) in [6.45, 7) is 2.85. The summed E-state index contributed by atoms with van der Waals surface area (Å²) >= 11 is 0. The van der Waals surface area contributed by atoms with Crippen LogP contribution >= 0.6 is 0 Å². The van der Waals surface area contributed by atoms with Gasteiger partial charge in [0.2, 0.25) is 0 Å². The van der Waals surface area contributed by atoms with Crippen LogP contribution in [0.1, 0.15) is 6.92 Å². The third kappa shape index (κ3) is 0.886. The quantitative estimate of drug-likeness (QED) is 0.451. The van der Waals surface area contributed by atoms with Gasteiger partial charge in [-0.05, 0) is 13.0 Å². The molecule has 0 fully saturated rings. The lowest BCUT2D eigenvalue weighted by Crippen LogP contribution is -2.20. The second-order valence-electron chi connectivity index (χ2n) is 1.88. The van der Waals surface area contributed by atoms with E-state index < -0.39 is 0 Å². The van der Waals surface area contributed by atoms with Crippen LogP contribution in [0.2, 0.25) is 0 Å². The van der Waals surface area contributed by atoms with Crippen molar-refractivity contribution in [2.45, 2.75) is 6.92 Å². The molecule has 1 heterocycles. The third-order valence-corrected chi connectivity index (χ3v) is 1.26. The Labute approximate surface area is 49.5 Å².